The van der Waals surface area contributed by atoms with Crippen molar-refractivity contribution in [2.75, 3.05) is 13.1 Å². The zero-order valence-electron chi connectivity index (χ0n) is 14.2. The van der Waals surface area contributed by atoms with E-state index in [0.717, 1.165) is 13.1 Å². The van der Waals surface area contributed by atoms with Gasteiger partial charge in [-0.25, -0.2) is 0 Å². The molecule has 8 nitrogen and oxygen atoms in total. The van der Waals surface area contributed by atoms with E-state index in [2.05, 4.69) is 29.4 Å². The standard InChI is InChI=1S/C15H22N3.CN.Mo.H2NO.NO/c1-3-10-16-12(6-1)14-8-5-9-15(18-14)13-7-2-4-11-17-13;1-2;;2*1-2/h1,3,6,13-15H,2,4-5,7-11H2;;;1H2;/q-3;-1;;2*-1. The molecule has 0 bridgehead atoms. The van der Waals surface area contributed by atoms with Crippen LogP contribution in [0.2, 0.25) is 0 Å². The second-order valence-electron chi connectivity index (χ2n) is 5.49. The molecule has 142 valence electrons. The number of nitroso groups, excluding NO2 is 1. The van der Waals surface area contributed by atoms with E-state index in [1.807, 2.05) is 0 Å². The maximum atomic E-state index is 7.75. The molecular weight excluding hydrogens is 404 g/mol. The molecule has 2 fully saturated rings. The smallest absolute Gasteiger partial charge is 0 e. The molecule has 3 heterocycles. The molecule has 0 amide bonds. The first-order valence-electron chi connectivity index (χ1n) is 7.98. The maximum absolute atomic E-state index is 7.75. The van der Waals surface area contributed by atoms with Crippen molar-refractivity contribution in [3.63, 3.8) is 0 Å². The van der Waals surface area contributed by atoms with Gasteiger partial charge < -0.3 is 49.4 Å². The number of hydrogen-bond acceptors (Lipinski definition) is 4. The van der Waals surface area contributed by atoms with Crippen LogP contribution in [-0.2, 0) is 21.1 Å². The minimum absolute atomic E-state index is 0. The van der Waals surface area contributed by atoms with Gasteiger partial charge in [-0.3, -0.25) is 0 Å². The molecule has 0 aromatic carbocycles. The summed E-state index contributed by atoms with van der Waals surface area (Å²) in [6.45, 7) is 6.63. The van der Waals surface area contributed by atoms with Crippen molar-refractivity contribution < 1.29 is 21.1 Å². The molecule has 3 unspecified atom stereocenters. The van der Waals surface area contributed by atoms with Gasteiger partial charge in [0, 0.05) is 21.1 Å². The number of nitrogens with zero attached hydrogens (tertiary/aromatic N) is 5. The first-order valence-corrected chi connectivity index (χ1v) is 7.98. The molecule has 25 heavy (non-hydrogen) atoms. The van der Waals surface area contributed by atoms with Crippen LogP contribution in [0.15, 0.2) is 23.9 Å². The monoisotopic (exact) mass is 430 g/mol. The van der Waals surface area contributed by atoms with E-state index >= 15 is 0 Å². The van der Waals surface area contributed by atoms with Gasteiger partial charge >= 0.3 is 0 Å². The second kappa shape index (κ2) is 17.7. The summed E-state index contributed by atoms with van der Waals surface area (Å²) in [7, 11) is 0. The Labute approximate surface area is 164 Å². The number of rotatable bonds is 2. The van der Waals surface area contributed by atoms with E-state index in [1.165, 1.54) is 44.2 Å². The molecule has 3 aliphatic heterocycles. The fourth-order valence-electron chi connectivity index (χ4n) is 3.20. The van der Waals surface area contributed by atoms with Crippen LogP contribution < -0.4 is 5.90 Å². The Hall–Kier alpha value is -1.10. The van der Waals surface area contributed by atoms with Gasteiger partial charge in [-0.05, 0) is 0 Å². The van der Waals surface area contributed by atoms with E-state index < -0.39 is 0 Å². The van der Waals surface area contributed by atoms with Crippen LogP contribution in [0.1, 0.15) is 38.5 Å². The Bertz CT molecular complexity index is 399. The van der Waals surface area contributed by atoms with Gasteiger partial charge in [0.05, 0.1) is 0 Å². The molecule has 0 aliphatic carbocycles. The number of piperidine rings is 2. The first-order chi connectivity index (χ1) is 11.9. The fourth-order valence-corrected chi connectivity index (χ4v) is 3.20. The minimum atomic E-state index is 0. The number of hydrogen-bond donors (Lipinski definition) is 1. The molecule has 2 saturated heterocycles. The van der Waals surface area contributed by atoms with E-state index in [9.17, 15) is 0 Å². The zero-order chi connectivity index (χ0) is 18.2. The third kappa shape index (κ3) is 9.24. The van der Waals surface area contributed by atoms with Gasteiger partial charge in [-0.2, -0.15) is 17.8 Å². The molecule has 2 N–H and O–H groups in total. The molecular formula is C16H24MoN6O2-6. The number of allylic oxidation sites excluding steroid dienone is 2. The third-order valence-corrected chi connectivity index (χ3v) is 4.19. The van der Waals surface area contributed by atoms with Crippen LogP contribution in [0.5, 0.6) is 0 Å². The molecule has 0 radical (unpaired) electrons. The summed E-state index contributed by atoms with van der Waals surface area (Å²) in [5.74, 6) is 3.25. The average molecular weight is 428 g/mol. The summed E-state index contributed by atoms with van der Waals surface area (Å²) in [5.41, 5.74) is 6.94. The van der Waals surface area contributed by atoms with Crippen molar-refractivity contribution in [2.24, 2.45) is 5.90 Å². The molecule has 0 aromatic rings. The predicted octanol–water partition coefficient (Wildman–Crippen LogP) is 3.89. The average Bonchev–Trinajstić information content (AvgIpc) is 2.74. The molecule has 3 rings (SSSR count). The van der Waals surface area contributed by atoms with Crippen LogP contribution in [-0.4, -0.2) is 31.2 Å². The molecule has 3 atom stereocenters. The quantitative estimate of drug-likeness (QED) is 0.402. The Morgan fingerprint density at radius 3 is 2.36 bits per heavy atom. The van der Waals surface area contributed by atoms with Gasteiger partial charge in [0.15, 0.2) is 0 Å². The normalized spacial score (nSPS) is 27.0. The summed E-state index contributed by atoms with van der Waals surface area (Å²) in [4.78, 5) is 7.25. The summed E-state index contributed by atoms with van der Waals surface area (Å²) in [6, 6.07) is 1.30. The minimum Gasteiger partial charge on any atom is -0.790 e. The van der Waals surface area contributed by atoms with Gasteiger partial charge in [-0.15, -0.1) is 25.2 Å². The molecule has 0 spiro atoms. The van der Waals surface area contributed by atoms with E-state index in [0.29, 0.717) is 18.1 Å². The van der Waals surface area contributed by atoms with E-state index in [-0.39, 0.29) is 21.1 Å². The van der Waals surface area contributed by atoms with Crippen molar-refractivity contribution in [1.82, 2.24) is 0 Å². The second-order valence-corrected chi connectivity index (χ2v) is 5.49. The molecule has 0 aromatic heterocycles. The van der Waals surface area contributed by atoms with Crippen molar-refractivity contribution in [1.29, 1.82) is 5.26 Å². The van der Waals surface area contributed by atoms with Crippen LogP contribution in [0.3, 0.4) is 0 Å². The SMILES string of the molecule is C1=CC[N-]C(C2CCCC(C3CCCC[N-]3)[N-]2)=C1.N[O-].[C-]#N.[Mo].[N-]=O. The van der Waals surface area contributed by atoms with Crippen molar-refractivity contribution in [3.8, 4) is 0 Å². The van der Waals surface area contributed by atoms with Crippen molar-refractivity contribution >= 4 is 0 Å². The van der Waals surface area contributed by atoms with E-state index in [4.69, 9.17) is 38.2 Å². The van der Waals surface area contributed by atoms with Crippen LogP contribution >= 0.6 is 0 Å². The Morgan fingerprint density at radius 2 is 1.80 bits per heavy atom. The summed E-state index contributed by atoms with van der Waals surface area (Å²) >= 11 is 0. The van der Waals surface area contributed by atoms with Crippen LogP contribution in [0, 0.1) is 21.9 Å². The first kappa shape index (κ1) is 26.1. The Kier molecular flexibility index (Phi) is 18.5. The summed E-state index contributed by atoms with van der Waals surface area (Å²) in [6.07, 6.45) is 13.9. The topological polar surface area (TPSA) is 155 Å². The van der Waals surface area contributed by atoms with Gasteiger partial charge in [0.25, 0.3) is 0 Å². The van der Waals surface area contributed by atoms with Crippen LogP contribution in [0.25, 0.3) is 21.5 Å². The number of nitrogens with two attached hydrogens (primary N) is 1. The van der Waals surface area contributed by atoms with Crippen molar-refractivity contribution in [3.05, 3.63) is 62.2 Å². The molecule has 9 heteroatoms. The predicted molar refractivity (Wildman–Crippen MR) is 95.3 cm³/mol. The molecule has 0 saturated carbocycles. The largest absolute Gasteiger partial charge is 0.790 e. The van der Waals surface area contributed by atoms with Gasteiger partial charge in [0.2, 0.25) is 0 Å². The molecule has 3 aliphatic rings. The van der Waals surface area contributed by atoms with Crippen molar-refractivity contribution in [2.45, 2.75) is 56.7 Å². The zero-order valence-corrected chi connectivity index (χ0v) is 16.2. The third-order valence-electron chi connectivity index (χ3n) is 4.19. The van der Waals surface area contributed by atoms with Gasteiger partial charge in [0.1, 0.15) is 0 Å². The summed E-state index contributed by atoms with van der Waals surface area (Å²) < 4.78 is 0. The Balaban J connectivity index is 0. The maximum Gasteiger partial charge on any atom is 0 e. The van der Waals surface area contributed by atoms with Gasteiger partial charge in [-0.1, -0.05) is 50.7 Å². The summed E-state index contributed by atoms with van der Waals surface area (Å²) in [5, 5.41) is 28.4. The van der Waals surface area contributed by atoms with E-state index in [1.54, 1.807) is 0 Å². The van der Waals surface area contributed by atoms with Crippen LogP contribution in [0.4, 0.5) is 0 Å². The fraction of sp³-hybridized carbons (Fsp3) is 0.688. The Morgan fingerprint density at radius 1 is 1.12 bits per heavy atom.